The SMILES string of the molecule is CN(Cc1sccc1Br)C1CCCCC1Br. The van der Waals surface area contributed by atoms with Crippen LogP contribution < -0.4 is 0 Å². The second-order valence-corrected chi connectivity index (χ2v) is 7.51. The number of hydrogen-bond acceptors (Lipinski definition) is 2. The Balaban J connectivity index is 1.96. The highest BCUT2D eigenvalue weighted by Gasteiger charge is 2.26. The number of halogens is 2. The molecule has 0 radical (unpaired) electrons. The zero-order valence-electron chi connectivity index (χ0n) is 9.46. The van der Waals surface area contributed by atoms with Gasteiger partial charge < -0.3 is 0 Å². The number of alkyl halides is 1. The van der Waals surface area contributed by atoms with Gasteiger partial charge in [0.1, 0.15) is 0 Å². The van der Waals surface area contributed by atoms with Gasteiger partial charge in [0, 0.05) is 26.8 Å². The third-order valence-corrected chi connectivity index (χ3v) is 6.28. The van der Waals surface area contributed by atoms with Crippen LogP contribution >= 0.6 is 43.2 Å². The van der Waals surface area contributed by atoms with Crippen LogP contribution in [0.25, 0.3) is 0 Å². The molecule has 1 saturated carbocycles. The minimum Gasteiger partial charge on any atom is -0.297 e. The quantitative estimate of drug-likeness (QED) is 0.704. The van der Waals surface area contributed by atoms with E-state index in [0.29, 0.717) is 10.9 Å². The number of thiophene rings is 1. The van der Waals surface area contributed by atoms with Gasteiger partial charge in [0.15, 0.2) is 0 Å². The van der Waals surface area contributed by atoms with Crippen LogP contribution in [0.15, 0.2) is 15.9 Å². The maximum Gasteiger partial charge on any atom is 0.0339 e. The summed E-state index contributed by atoms with van der Waals surface area (Å²) in [5, 5.41) is 2.15. The van der Waals surface area contributed by atoms with E-state index < -0.39 is 0 Å². The predicted octanol–water partition coefficient (Wildman–Crippen LogP) is 4.65. The lowest BCUT2D eigenvalue weighted by Gasteiger charge is -2.35. The van der Waals surface area contributed by atoms with Crippen molar-refractivity contribution < 1.29 is 0 Å². The molecule has 2 unspecified atom stereocenters. The lowest BCUT2D eigenvalue weighted by molar-refractivity contribution is 0.194. The second-order valence-electron chi connectivity index (χ2n) is 4.47. The van der Waals surface area contributed by atoms with Crippen molar-refractivity contribution in [2.24, 2.45) is 0 Å². The molecule has 0 amide bonds. The smallest absolute Gasteiger partial charge is 0.0339 e. The molecule has 1 fully saturated rings. The van der Waals surface area contributed by atoms with Crippen LogP contribution in [-0.2, 0) is 6.54 Å². The van der Waals surface area contributed by atoms with Gasteiger partial charge in [-0.25, -0.2) is 0 Å². The number of hydrogen-bond donors (Lipinski definition) is 0. The van der Waals surface area contributed by atoms with Crippen LogP contribution in [0, 0.1) is 0 Å². The molecule has 0 N–H and O–H groups in total. The Kier molecular flexibility index (Phi) is 4.89. The highest BCUT2D eigenvalue weighted by Crippen LogP contribution is 2.30. The van der Waals surface area contributed by atoms with Gasteiger partial charge in [0.2, 0.25) is 0 Å². The standard InChI is InChI=1S/C12H17Br2NS/c1-15(8-12-10(14)6-7-16-12)11-5-3-2-4-9(11)13/h6-7,9,11H,2-5,8H2,1H3. The van der Waals surface area contributed by atoms with Crippen LogP contribution in [0.1, 0.15) is 30.6 Å². The molecule has 1 aromatic rings. The van der Waals surface area contributed by atoms with Crippen LogP contribution in [0.5, 0.6) is 0 Å². The molecule has 0 saturated heterocycles. The van der Waals surface area contributed by atoms with Gasteiger partial charge in [0.05, 0.1) is 0 Å². The van der Waals surface area contributed by atoms with Crippen molar-refractivity contribution in [1.82, 2.24) is 4.90 Å². The summed E-state index contributed by atoms with van der Waals surface area (Å²) >= 11 is 9.27. The van der Waals surface area contributed by atoms with Gasteiger partial charge in [0.25, 0.3) is 0 Å². The van der Waals surface area contributed by atoms with Crippen molar-refractivity contribution in [2.75, 3.05) is 7.05 Å². The molecule has 2 atom stereocenters. The van der Waals surface area contributed by atoms with E-state index in [2.05, 4.69) is 55.3 Å². The average Bonchev–Trinajstić information content (AvgIpc) is 2.65. The molecule has 1 heterocycles. The van der Waals surface area contributed by atoms with E-state index in [-0.39, 0.29) is 0 Å². The number of rotatable bonds is 3. The van der Waals surface area contributed by atoms with Gasteiger partial charge in [-0.3, -0.25) is 4.90 Å². The van der Waals surface area contributed by atoms with Crippen molar-refractivity contribution in [1.29, 1.82) is 0 Å². The fourth-order valence-electron chi connectivity index (χ4n) is 2.34. The minimum atomic E-state index is 0.671. The van der Waals surface area contributed by atoms with E-state index in [0.717, 1.165) is 6.54 Å². The van der Waals surface area contributed by atoms with Crippen LogP contribution in [-0.4, -0.2) is 22.8 Å². The van der Waals surface area contributed by atoms with Gasteiger partial charge in [-0.15, -0.1) is 11.3 Å². The molecule has 0 bridgehead atoms. The first-order valence-electron chi connectivity index (χ1n) is 5.74. The second kappa shape index (κ2) is 5.98. The third-order valence-electron chi connectivity index (χ3n) is 3.30. The van der Waals surface area contributed by atoms with Crippen LogP contribution in [0.2, 0.25) is 0 Å². The molecule has 16 heavy (non-hydrogen) atoms. The predicted molar refractivity (Wildman–Crippen MR) is 78.5 cm³/mol. The van der Waals surface area contributed by atoms with E-state index >= 15 is 0 Å². The van der Waals surface area contributed by atoms with Crippen molar-refractivity contribution >= 4 is 43.2 Å². The summed E-state index contributed by atoms with van der Waals surface area (Å²) in [7, 11) is 2.25. The van der Waals surface area contributed by atoms with Crippen molar-refractivity contribution in [2.45, 2.75) is 43.1 Å². The van der Waals surface area contributed by atoms with Crippen molar-refractivity contribution in [3.8, 4) is 0 Å². The monoisotopic (exact) mass is 365 g/mol. The molecule has 1 aromatic heterocycles. The summed E-state index contributed by atoms with van der Waals surface area (Å²) in [5.41, 5.74) is 0. The van der Waals surface area contributed by atoms with Gasteiger partial charge >= 0.3 is 0 Å². The molecule has 1 aliphatic rings. The molecule has 1 nitrogen and oxygen atoms in total. The summed E-state index contributed by atoms with van der Waals surface area (Å²) in [6.07, 6.45) is 5.40. The first kappa shape index (κ1) is 13.1. The van der Waals surface area contributed by atoms with E-state index in [1.54, 1.807) is 0 Å². The van der Waals surface area contributed by atoms with Crippen molar-refractivity contribution in [3.05, 3.63) is 20.8 Å². The first-order valence-corrected chi connectivity index (χ1v) is 8.33. The Bertz CT molecular complexity index is 340. The molecule has 0 aromatic carbocycles. The van der Waals surface area contributed by atoms with Gasteiger partial charge in [-0.2, -0.15) is 0 Å². The lowest BCUT2D eigenvalue weighted by atomic mass is 9.94. The zero-order chi connectivity index (χ0) is 11.5. The van der Waals surface area contributed by atoms with E-state index in [9.17, 15) is 0 Å². The molecule has 0 spiro atoms. The molecule has 4 heteroatoms. The molecule has 90 valence electrons. The van der Waals surface area contributed by atoms with Crippen LogP contribution in [0.3, 0.4) is 0 Å². The summed E-state index contributed by atoms with van der Waals surface area (Å²) in [6.45, 7) is 1.06. The Morgan fingerprint density at radius 1 is 1.44 bits per heavy atom. The maximum absolute atomic E-state index is 3.83. The average molecular weight is 367 g/mol. The van der Waals surface area contributed by atoms with Gasteiger partial charge in [-0.1, -0.05) is 28.8 Å². The maximum atomic E-state index is 3.83. The fraction of sp³-hybridized carbons (Fsp3) is 0.667. The minimum absolute atomic E-state index is 0.671. The Hall–Kier alpha value is 0.620. The largest absolute Gasteiger partial charge is 0.297 e. The molecule has 1 aliphatic carbocycles. The van der Waals surface area contributed by atoms with Crippen LogP contribution in [0.4, 0.5) is 0 Å². The highest BCUT2D eigenvalue weighted by atomic mass is 79.9. The van der Waals surface area contributed by atoms with Gasteiger partial charge in [-0.05, 0) is 47.3 Å². The third kappa shape index (κ3) is 3.09. The number of nitrogens with zero attached hydrogens (tertiary/aromatic N) is 1. The summed E-state index contributed by atoms with van der Waals surface area (Å²) < 4.78 is 1.26. The first-order chi connectivity index (χ1) is 7.68. The molecule has 0 aliphatic heterocycles. The fourth-order valence-corrected chi connectivity index (χ4v) is 4.88. The highest BCUT2D eigenvalue weighted by molar-refractivity contribution is 9.10. The Morgan fingerprint density at radius 2 is 2.19 bits per heavy atom. The molecule has 2 rings (SSSR count). The normalized spacial score (nSPS) is 26.2. The molecular formula is C12H17Br2NS. The lowest BCUT2D eigenvalue weighted by Crippen LogP contribution is -2.40. The Labute approximate surface area is 118 Å². The van der Waals surface area contributed by atoms with E-state index in [1.807, 2.05) is 11.3 Å². The summed E-state index contributed by atoms with van der Waals surface area (Å²) in [6, 6.07) is 2.84. The topological polar surface area (TPSA) is 3.24 Å². The molecular weight excluding hydrogens is 350 g/mol. The van der Waals surface area contributed by atoms with E-state index in [4.69, 9.17) is 0 Å². The van der Waals surface area contributed by atoms with E-state index in [1.165, 1.54) is 35.0 Å². The Morgan fingerprint density at radius 3 is 2.81 bits per heavy atom. The zero-order valence-corrected chi connectivity index (χ0v) is 13.4. The summed E-state index contributed by atoms with van der Waals surface area (Å²) in [5.74, 6) is 0. The van der Waals surface area contributed by atoms with Crippen molar-refractivity contribution in [3.63, 3.8) is 0 Å². The summed E-state index contributed by atoms with van der Waals surface area (Å²) in [4.78, 5) is 4.60.